The van der Waals surface area contributed by atoms with E-state index in [2.05, 4.69) is 97.6 Å². The second-order valence-electron chi connectivity index (χ2n) is 11.5. The Balaban J connectivity index is 1.56. The molecule has 0 atom stereocenters. The Morgan fingerprint density at radius 2 is 1.30 bits per heavy atom. The zero-order chi connectivity index (χ0) is 26.4. The van der Waals surface area contributed by atoms with Crippen molar-refractivity contribution in [2.45, 2.75) is 58.2 Å². The maximum Gasteiger partial charge on any atom is 0.330 e. The van der Waals surface area contributed by atoms with Gasteiger partial charge in [0, 0.05) is 22.5 Å². The van der Waals surface area contributed by atoms with E-state index in [0.717, 1.165) is 22.5 Å². The van der Waals surface area contributed by atoms with Crippen LogP contribution in [0.4, 0.5) is 17.1 Å². The van der Waals surface area contributed by atoms with Crippen LogP contribution in [-0.4, -0.2) is 23.8 Å². The van der Waals surface area contributed by atoms with E-state index in [1.165, 1.54) is 22.3 Å². The van der Waals surface area contributed by atoms with Gasteiger partial charge in [-0.15, -0.1) is 0 Å². The predicted octanol–water partition coefficient (Wildman–Crippen LogP) is 7.27. The molecule has 37 heavy (non-hydrogen) atoms. The molecule has 0 saturated carbocycles. The summed E-state index contributed by atoms with van der Waals surface area (Å²) in [5.74, 6) is 0. The molecule has 1 aliphatic carbocycles. The van der Waals surface area contributed by atoms with E-state index < -0.39 is 11.2 Å². The molecule has 5 rings (SSSR count). The first-order valence-electron chi connectivity index (χ1n) is 12.9. The van der Waals surface area contributed by atoms with Crippen molar-refractivity contribution in [1.82, 2.24) is 0 Å². The van der Waals surface area contributed by atoms with Gasteiger partial charge in [0.05, 0.1) is 11.2 Å². The Morgan fingerprint density at radius 3 is 2.03 bits per heavy atom. The van der Waals surface area contributed by atoms with E-state index in [1.807, 2.05) is 32.0 Å². The van der Waals surface area contributed by atoms with E-state index in [0.29, 0.717) is 0 Å². The van der Waals surface area contributed by atoms with Gasteiger partial charge in [-0.1, -0.05) is 80.0 Å². The molecular weight excluding hydrogens is 453 g/mol. The fourth-order valence-corrected chi connectivity index (χ4v) is 4.95. The lowest BCUT2D eigenvalue weighted by molar-refractivity contribution is -0.0893. The fraction of sp³-hybridized carbons (Fsp3) is 0.273. The van der Waals surface area contributed by atoms with E-state index in [1.54, 1.807) is 21.3 Å². The van der Waals surface area contributed by atoms with Gasteiger partial charge in [0.15, 0.2) is 0 Å². The highest BCUT2D eigenvalue weighted by molar-refractivity contribution is 6.47. The number of aliphatic hydroxyl groups is 1. The van der Waals surface area contributed by atoms with Crippen molar-refractivity contribution in [3.63, 3.8) is 0 Å². The lowest BCUT2D eigenvalue weighted by Crippen LogP contribution is -2.49. The Morgan fingerprint density at radius 1 is 0.676 bits per heavy atom. The number of anilines is 3. The molecule has 0 aromatic heterocycles. The molecule has 1 N–H and O–H groups in total. The molecule has 0 aliphatic heterocycles. The quantitative estimate of drug-likeness (QED) is 0.278. The summed E-state index contributed by atoms with van der Waals surface area (Å²) in [6, 6.07) is 34.3. The lowest BCUT2D eigenvalue weighted by atomic mass is 9.82. The third kappa shape index (κ3) is 4.61. The number of benzene rings is 4. The zero-order valence-electron chi connectivity index (χ0n) is 22.6. The Kier molecular flexibility index (Phi) is 6.30. The van der Waals surface area contributed by atoms with Crippen LogP contribution in [0.3, 0.4) is 0 Å². The molecule has 0 spiro atoms. The van der Waals surface area contributed by atoms with Gasteiger partial charge in [-0.3, -0.25) is 0 Å². The summed E-state index contributed by atoms with van der Waals surface area (Å²) in [6.07, 6.45) is 0. The van der Waals surface area contributed by atoms with Crippen LogP contribution in [-0.2, 0) is 10.1 Å². The van der Waals surface area contributed by atoms with Crippen LogP contribution >= 0.6 is 0 Å². The number of fused-ring (bicyclic) bond motifs is 3. The van der Waals surface area contributed by atoms with Crippen molar-refractivity contribution in [2.24, 2.45) is 0 Å². The van der Waals surface area contributed by atoms with Gasteiger partial charge >= 0.3 is 7.48 Å². The lowest BCUT2D eigenvalue weighted by Gasteiger charge is -2.37. The summed E-state index contributed by atoms with van der Waals surface area (Å²) in [7, 11) is 1.74. The number of nitrogens with zero attached hydrogens (tertiary/aromatic N) is 1. The molecule has 1 radical (unpaired) electrons. The van der Waals surface area contributed by atoms with Crippen molar-refractivity contribution in [3.05, 3.63) is 108 Å². The average Bonchev–Trinajstić information content (AvgIpc) is 3.10. The van der Waals surface area contributed by atoms with Crippen molar-refractivity contribution < 1.29 is 9.76 Å². The summed E-state index contributed by atoms with van der Waals surface area (Å²) in [6.45, 7) is 11.9. The van der Waals surface area contributed by atoms with Crippen LogP contribution in [0.15, 0.2) is 97.1 Å². The van der Waals surface area contributed by atoms with Gasteiger partial charge in [0.2, 0.25) is 0 Å². The molecule has 4 aromatic rings. The Bertz CT molecular complexity index is 1420. The Labute approximate surface area is 222 Å². The molecule has 4 heteroatoms. The van der Waals surface area contributed by atoms with Crippen molar-refractivity contribution in [3.8, 4) is 11.1 Å². The standard InChI is InChI=1S/C33H35BNO2/c1-31(2)29-18-11-10-17-27(29)28-20-19-26(22-30(28)31)35(24-14-8-7-9-15-24)25-16-12-13-23(21-25)34-37-33(5,6)32(3,4)36/h7-22,36H,1-6H3. The fourth-order valence-electron chi connectivity index (χ4n) is 4.95. The van der Waals surface area contributed by atoms with Crippen LogP contribution in [0.25, 0.3) is 11.1 Å². The molecule has 4 aromatic carbocycles. The molecule has 0 heterocycles. The van der Waals surface area contributed by atoms with Gasteiger partial charge in [-0.25, -0.2) is 0 Å². The van der Waals surface area contributed by atoms with Crippen LogP contribution in [0.5, 0.6) is 0 Å². The molecule has 0 unspecified atom stereocenters. The zero-order valence-corrected chi connectivity index (χ0v) is 22.6. The molecule has 3 nitrogen and oxygen atoms in total. The van der Waals surface area contributed by atoms with Crippen LogP contribution in [0.2, 0.25) is 0 Å². The third-order valence-electron chi connectivity index (χ3n) is 7.93. The van der Waals surface area contributed by atoms with E-state index in [-0.39, 0.29) is 5.41 Å². The second kappa shape index (κ2) is 9.20. The second-order valence-corrected chi connectivity index (χ2v) is 11.5. The van der Waals surface area contributed by atoms with E-state index in [4.69, 9.17) is 4.65 Å². The van der Waals surface area contributed by atoms with E-state index >= 15 is 0 Å². The summed E-state index contributed by atoms with van der Waals surface area (Å²) in [5, 5.41) is 10.5. The summed E-state index contributed by atoms with van der Waals surface area (Å²) >= 11 is 0. The van der Waals surface area contributed by atoms with Gasteiger partial charge in [0.25, 0.3) is 0 Å². The molecule has 1 aliphatic rings. The molecular formula is C33H35BNO2. The normalized spacial score (nSPS) is 14.1. The molecule has 0 bridgehead atoms. The van der Waals surface area contributed by atoms with Crippen LogP contribution < -0.4 is 10.4 Å². The van der Waals surface area contributed by atoms with Crippen molar-refractivity contribution in [1.29, 1.82) is 0 Å². The topological polar surface area (TPSA) is 32.7 Å². The minimum atomic E-state index is -0.980. The van der Waals surface area contributed by atoms with E-state index in [9.17, 15) is 5.11 Å². The highest BCUT2D eigenvalue weighted by Gasteiger charge is 2.37. The largest absolute Gasteiger partial charge is 0.427 e. The number of hydrogen-bond acceptors (Lipinski definition) is 3. The highest BCUT2D eigenvalue weighted by Crippen LogP contribution is 2.50. The van der Waals surface area contributed by atoms with Crippen LogP contribution in [0.1, 0.15) is 52.7 Å². The van der Waals surface area contributed by atoms with Gasteiger partial charge in [-0.2, -0.15) is 0 Å². The minimum Gasteiger partial charge on any atom is -0.427 e. The molecule has 0 fully saturated rings. The van der Waals surface area contributed by atoms with Crippen molar-refractivity contribution >= 4 is 30.0 Å². The van der Waals surface area contributed by atoms with Crippen LogP contribution in [0, 0.1) is 0 Å². The summed E-state index contributed by atoms with van der Waals surface area (Å²) < 4.78 is 6.06. The maximum atomic E-state index is 10.5. The summed E-state index contributed by atoms with van der Waals surface area (Å²) in [4.78, 5) is 2.29. The first-order chi connectivity index (χ1) is 17.5. The van der Waals surface area contributed by atoms with Gasteiger partial charge in [-0.05, 0) is 86.3 Å². The SMILES string of the molecule is CC1(C)c2ccccc2-c2ccc(N(c3ccccc3)c3cccc([B]OC(C)(C)C(C)(C)O)c3)cc21. The Hall–Kier alpha value is -3.34. The first kappa shape index (κ1) is 25.3. The predicted molar refractivity (Wildman–Crippen MR) is 156 cm³/mol. The maximum absolute atomic E-state index is 10.5. The first-order valence-corrected chi connectivity index (χ1v) is 12.9. The number of para-hydroxylation sites is 1. The summed E-state index contributed by atoms with van der Waals surface area (Å²) in [5.41, 5.74) is 7.73. The monoisotopic (exact) mass is 488 g/mol. The molecule has 0 amide bonds. The highest BCUT2D eigenvalue weighted by atomic mass is 16.5. The average molecular weight is 488 g/mol. The minimum absolute atomic E-state index is 0.0730. The number of hydrogen-bond donors (Lipinski definition) is 1. The molecule has 187 valence electrons. The molecule has 0 saturated heterocycles. The van der Waals surface area contributed by atoms with Crippen molar-refractivity contribution in [2.75, 3.05) is 4.90 Å². The van der Waals surface area contributed by atoms with Gasteiger partial charge < -0.3 is 14.7 Å². The third-order valence-corrected chi connectivity index (χ3v) is 7.93. The van der Waals surface area contributed by atoms with Gasteiger partial charge in [0.1, 0.15) is 0 Å². The smallest absolute Gasteiger partial charge is 0.330 e. The number of rotatable bonds is 7.